The summed E-state index contributed by atoms with van der Waals surface area (Å²) in [5.41, 5.74) is 1.47. The molecule has 0 aliphatic heterocycles. The van der Waals surface area contributed by atoms with Gasteiger partial charge in [-0.25, -0.2) is 0 Å². The number of benzene rings is 1. The fraction of sp³-hybridized carbons (Fsp3) is 0.0833. The molecule has 15 heavy (non-hydrogen) atoms. The van der Waals surface area contributed by atoms with Crippen LogP contribution in [0.25, 0.3) is 0 Å². The van der Waals surface area contributed by atoms with E-state index < -0.39 is 6.10 Å². The molecule has 0 fully saturated rings. The average Bonchev–Trinajstić information content (AvgIpc) is 2.29. The Morgan fingerprint density at radius 2 is 1.60 bits per heavy atom. The van der Waals surface area contributed by atoms with Gasteiger partial charge >= 0.3 is 0 Å². The lowest BCUT2D eigenvalue weighted by atomic mass is 10.0. The van der Waals surface area contributed by atoms with Crippen molar-refractivity contribution in [1.29, 1.82) is 0 Å². The maximum atomic E-state index is 9.99. The molecule has 0 radical (unpaired) electrons. The van der Waals surface area contributed by atoms with Crippen LogP contribution in [0, 0.1) is 0 Å². The van der Waals surface area contributed by atoms with Gasteiger partial charge in [0.2, 0.25) is 12.4 Å². The molecule has 0 saturated carbocycles. The number of aliphatic hydroxyl groups is 1. The van der Waals surface area contributed by atoms with E-state index in [1.54, 1.807) is 12.1 Å². The van der Waals surface area contributed by atoms with Gasteiger partial charge in [-0.2, -0.15) is 0 Å². The zero-order valence-corrected chi connectivity index (χ0v) is 8.12. The molecule has 2 rings (SSSR count). The van der Waals surface area contributed by atoms with E-state index >= 15 is 0 Å². The number of hydrogen-bond donors (Lipinski definition) is 2. The van der Waals surface area contributed by atoms with Gasteiger partial charge in [-0.3, -0.25) is 5.21 Å². The molecule has 1 heterocycles. The van der Waals surface area contributed by atoms with Gasteiger partial charge in [0.25, 0.3) is 0 Å². The summed E-state index contributed by atoms with van der Waals surface area (Å²) in [5, 5.41) is 19.2. The predicted molar refractivity (Wildman–Crippen MR) is 54.3 cm³/mol. The van der Waals surface area contributed by atoms with Gasteiger partial charge < -0.3 is 5.11 Å². The topological polar surface area (TPSA) is 44.3 Å². The van der Waals surface area contributed by atoms with Crippen LogP contribution in [-0.2, 0) is 0 Å². The highest BCUT2D eigenvalue weighted by Crippen LogP contribution is 2.19. The summed E-state index contributed by atoms with van der Waals surface area (Å²) in [6, 6.07) is 12.8. The first-order valence-corrected chi connectivity index (χ1v) is 4.71. The first-order valence-electron chi connectivity index (χ1n) is 4.71. The Bertz CT molecular complexity index is 442. The third-order valence-electron chi connectivity index (χ3n) is 2.24. The Balaban J connectivity index is 2.32. The van der Waals surface area contributed by atoms with Crippen molar-refractivity contribution in [2.24, 2.45) is 0 Å². The van der Waals surface area contributed by atoms with Gasteiger partial charge in [0.05, 0.1) is 5.56 Å². The van der Waals surface area contributed by atoms with Crippen molar-refractivity contribution in [1.82, 2.24) is 0 Å². The van der Waals surface area contributed by atoms with Crippen LogP contribution in [0.2, 0.25) is 0 Å². The molecule has 3 heteroatoms. The Morgan fingerprint density at radius 1 is 0.933 bits per heavy atom. The smallest absolute Gasteiger partial charge is 0.228 e. The van der Waals surface area contributed by atoms with E-state index in [2.05, 4.69) is 0 Å². The lowest BCUT2D eigenvalue weighted by Crippen LogP contribution is -2.29. The molecule has 0 aliphatic rings. The van der Waals surface area contributed by atoms with Crippen LogP contribution in [0.5, 0.6) is 0 Å². The first-order chi connectivity index (χ1) is 7.27. The van der Waals surface area contributed by atoms with Gasteiger partial charge in [-0.15, -0.1) is 0 Å². The van der Waals surface area contributed by atoms with E-state index in [-0.39, 0.29) is 0 Å². The quantitative estimate of drug-likeness (QED) is 0.569. The van der Waals surface area contributed by atoms with Crippen LogP contribution in [0.15, 0.2) is 54.9 Å². The zero-order valence-electron chi connectivity index (χ0n) is 8.12. The van der Waals surface area contributed by atoms with Crippen molar-refractivity contribution in [2.45, 2.75) is 6.10 Å². The molecule has 2 N–H and O–H groups in total. The highest BCUT2D eigenvalue weighted by molar-refractivity contribution is 5.26. The first kappa shape index (κ1) is 9.68. The monoisotopic (exact) mass is 202 g/mol. The highest BCUT2D eigenvalue weighted by atomic mass is 16.5. The standard InChI is InChI=1S/C12H12NO2/c14-12(10-5-2-1-3-6-10)11-7-4-8-13(15)9-11/h1-9,12,14-15H/q+1. The van der Waals surface area contributed by atoms with E-state index in [0.29, 0.717) is 5.56 Å². The van der Waals surface area contributed by atoms with Gasteiger partial charge in [-0.05, 0) is 11.6 Å². The Hall–Kier alpha value is -1.87. The molecular weight excluding hydrogens is 190 g/mol. The molecular formula is C12H12NO2+. The predicted octanol–water partition coefficient (Wildman–Crippen LogP) is 1.29. The van der Waals surface area contributed by atoms with Gasteiger partial charge in [0, 0.05) is 10.8 Å². The summed E-state index contributed by atoms with van der Waals surface area (Å²) in [7, 11) is 0. The van der Waals surface area contributed by atoms with Crippen molar-refractivity contribution in [3.8, 4) is 0 Å². The summed E-state index contributed by atoms with van der Waals surface area (Å²) in [6.07, 6.45) is 2.28. The molecule has 2 aromatic rings. The number of pyridine rings is 1. The third kappa shape index (κ3) is 2.14. The van der Waals surface area contributed by atoms with Crippen molar-refractivity contribution in [2.75, 3.05) is 0 Å². The molecule has 0 amide bonds. The number of nitrogens with zero attached hydrogens (tertiary/aromatic N) is 1. The van der Waals surface area contributed by atoms with E-state index in [4.69, 9.17) is 0 Å². The summed E-state index contributed by atoms with van der Waals surface area (Å²) in [4.78, 5) is 0. The maximum absolute atomic E-state index is 9.99. The second kappa shape index (κ2) is 4.11. The number of rotatable bonds is 2. The highest BCUT2D eigenvalue weighted by Gasteiger charge is 2.13. The molecule has 0 saturated heterocycles. The number of aliphatic hydroxyl groups excluding tert-OH is 1. The molecule has 1 unspecified atom stereocenters. The largest absolute Gasteiger partial charge is 0.383 e. The maximum Gasteiger partial charge on any atom is 0.228 e. The average molecular weight is 202 g/mol. The Kier molecular flexibility index (Phi) is 2.65. The summed E-state index contributed by atoms with van der Waals surface area (Å²) in [5.74, 6) is 0. The molecule has 0 bridgehead atoms. The SMILES string of the molecule is OC(c1ccccc1)c1ccc[n+](O)c1. The van der Waals surface area contributed by atoms with Crippen LogP contribution >= 0.6 is 0 Å². The molecule has 76 valence electrons. The molecule has 0 spiro atoms. The zero-order chi connectivity index (χ0) is 10.7. The van der Waals surface area contributed by atoms with Crippen molar-refractivity contribution < 1.29 is 15.0 Å². The van der Waals surface area contributed by atoms with Crippen LogP contribution in [0.1, 0.15) is 17.2 Å². The lowest BCUT2D eigenvalue weighted by Gasteiger charge is -2.08. The van der Waals surface area contributed by atoms with Crippen LogP contribution in [0.4, 0.5) is 0 Å². The van der Waals surface area contributed by atoms with Gasteiger partial charge in [0.1, 0.15) is 6.10 Å². The molecule has 1 atom stereocenters. The van der Waals surface area contributed by atoms with E-state index in [1.807, 2.05) is 30.3 Å². The van der Waals surface area contributed by atoms with Crippen LogP contribution in [-0.4, -0.2) is 10.3 Å². The van der Waals surface area contributed by atoms with E-state index in [9.17, 15) is 10.3 Å². The van der Waals surface area contributed by atoms with E-state index in [0.717, 1.165) is 10.3 Å². The molecule has 3 nitrogen and oxygen atoms in total. The van der Waals surface area contributed by atoms with Crippen LogP contribution in [0.3, 0.4) is 0 Å². The minimum absolute atomic E-state index is 0.659. The number of aromatic nitrogens is 1. The molecule has 0 aliphatic carbocycles. The minimum atomic E-state index is -0.703. The second-order valence-electron chi connectivity index (χ2n) is 3.33. The minimum Gasteiger partial charge on any atom is -0.383 e. The van der Waals surface area contributed by atoms with Crippen molar-refractivity contribution in [3.63, 3.8) is 0 Å². The molecule has 1 aromatic heterocycles. The second-order valence-corrected chi connectivity index (χ2v) is 3.33. The van der Waals surface area contributed by atoms with Gasteiger partial charge in [0.15, 0.2) is 0 Å². The lowest BCUT2D eigenvalue weighted by molar-refractivity contribution is -0.905. The fourth-order valence-corrected chi connectivity index (χ4v) is 1.47. The molecule has 1 aromatic carbocycles. The van der Waals surface area contributed by atoms with Crippen LogP contribution < -0.4 is 4.73 Å². The summed E-state index contributed by atoms with van der Waals surface area (Å²) in [6.45, 7) is 0. The summed E-state index contributed by atoms with van der Waals surface area (Å²) >= 11 is 0. The normalized spacial score (nSPS) is 12.3. The third-order valence-corrected chi connectivity index (χ3v) is 2.24. The fourth-order valence-electron chi connectivity index (χ4n) is 1.47. The number of hydrogen-bond acceptors (Lipinski definition) is 2. The van der Waals surface area contributed by atoms with E-state index in [1.165, 1.54) is 12.4 Å². The summed E-state index contributed by atoms with van der Waals surface area (Å²) < 4.78 is 0.932. The van der Waals surface area contributed by atoms with Gasteiger partial charge in [-0.1, -0.05) is 30.3 Å². The van der Waals surface area contributed by atoms with Crippen molar-refractivity contribution in [3.05, 3.63) is 66.0 Å². The van der Waals surface area contributed by atoms with Crippen molar-refractivity contribution >= 4 is 0 Å². The Labute approximate surface area is 87.8 Å². The Morgan fingerprint density at radius 3 is 2.27 bits per heavy atom.